The molecule has 4 atom stereocenters. The van der Waals surface area contributed by atoms with Gasteiger partial charge in [-0.05, 0) is 122 Å². The molecule has 16 rings (SSSR count). The van der Waals surface area contributed by atoms with E-state index in [1.165, 1.54) is 68.0 Å². The highest BCUT2D eigenvalue weighted by molar-refractivity contribution is 7.17. The molecule has 0 bridgehead atoms. The monoisotopic (exact) mass is 1630 g/mol. The van der Waals surface area contributed by atoms with E-state index >= 15 is 0 Å². The van der Waals surface area contributed by atoms with E-state index < -0.39 is 0 Å². The molecule has 628 valence electrons. The lowest BCUT2D eigenvalue weighted by Gasteiger charge is -2.34. The van der Waals surface area contributed by atoms with Crippen molar-refractivity contribution >= 4 is 101 Å². The summed E-state index contributed by atoms with van der Waals surface area (Å²) in [6.45, 7) is 33.6. The number of H-pyrrole nitrogens is 6. The van der Waals surface area contributed by atoms with E-state index in [1.807, 2.05) is 48.7 Å². The van der Waals surface area contributed by atoms with Crippen molar-refractivity contribution in [2.45, 2.75) is 106 Å². The Balaban J connectivity index is 0.000000136. The number of carbonyl (C=O) groups excluding carboxylic acids is 4. The molecule has 0 saturated carbocycles. The second-order valence-electron chi connectivity index (χ2n) is 32.3. The zero-order chi connectivity index (χ0) is 82.3. The number of methoxy groups -OCH3 is 2. The predicted molar refractivity (Wildman–Crippen MR) is 469 cm³/mol. The number of ketones is 4. The first kappa shape index (κ1) is 85.6. The molecule has 4 aliphatic heterocycles. The quantitative estimate of drug-likeness (QED) is 0.0204. The summed E-state index contributed by atoms with van der Waals surface area (Å²) in [7, 11) is 3.46. The molecule has 8 aromatic heterocycles. The van der Waals surface area contributed by atoms with Gasteiger partial charge in [-0.2, -0.15) is 9.97 Å². The van der Waals surface area contributed by atoms with Crippen LogP contribution in [0.1, 0.15) is 144 Å². The van der Waals surface area contributed by atoms with Gasteiger partial charge in [-0.1, -0.05) is 126 Å². The lowest BCUT2D eigenvalue weighted by molar-refractivity contribution is 0.0933. The average Bonchev–Trinajstić information content (AvgIpc) is 1.64. The standard InChI is InChI=1S/C23H30N4O2.C22H30N6O2.C22H30N6O.C22H29N5O2S/c1-3-8-26-9-11-27(12-10-26)23-25-16-22(29-23)21(28)14-17(2)13-18-15-24-20-7-5-4-6-19(18)20;1-16(13-17-15-23-19-6-4-3-5-18(17)19)14-20(29)21-24-22(26-25-21)28-9-7-27(8-10-28)11-12-30-2;1-3-8-27-9-11-28(12-10-27)22-24-21(25-26-22)20(29)14-16(2)13-17-15-23-19-7-5-4-6-18(17)19;1-16(13-17-15-23-19-6-4-3-5-18(17)19)14-20(28)21-24-25-22(30-21)27-9-7-26(8-10-27)11-12-29-2/h4-7,15-17,24H,3,8-14H2,1-2H3;3-6,15-16,23H,7-14H2,1-2H3,(H,24,25,26);4-7,15-16,23H,3,8-14H2,1-2H3,(H,24,25,26);3-6,15-16,23H,7-14H2,1-2H3. The van der Waals surface area contributed by atoms with Gasteiger partial charge in [0, 0.05) is 226 Å². The van der Waals surface area contributed by atoms with E-state index in [9.17, 15) is 19.2 Å². The Morgan fingerprint density at radius 3 is 1.14 bits per heavy atom. The van der Waals surface area contributed by atoms with Crippen LogP contribution in [-0.2, 0) is 35.2 Å². The SMILES string of the molecule is CCCN1CCN(c2n[nH]c(C(=O)CC(C)Cc3c[nH]c4ccccc34)n2)CC1.CCCN1CCN(c2ncc(C(=O)CC(C)Cc3c[nH]c4ccccc34)o2)CC1.COCCN1CCN(c2n[nH]c(C(=O)CC(C)Cc3c[nH]c4ccccc34)n2)CC1.COCCN1CCN(c2nnc(C(=O)CC(C)Cc3c[nH]c4ccccc34)s2)CC1. The van der Waals surface area contributed by atoms with Gasteiger partial charge < -0.3 is 53.4 Å². The van der Waals surface area contributed by atoms with Crippen LogP contribution in [0.3, 0.4) is 0 Å². The number of carbonyl (C=O) groups is 4. The Labute approximate surface area is 695 Å². The average molecular weight is 1630 g/mol. The highest BCUT2D eigenvalue weighted by Crippen LogP contribution is 2.30. The van der Waals surface area contributed by atoms with Crippen LogP contribution in [0.2, 0.25) is 0 Å². The minimum atomic E-state index is 0.0137. The third-order valence-corrected chi connectivity index (χ3v) is 23.9. The number of nitrogens with zero attached hydrogens (tertiary/aromatic N) is 15. The van der Waals surface area contributed by atoms with E-state index in [0.717, 1.165) is 197 Å². The first-order chi connectivity index (χ1) is 57.5. The molecule has 28 nitrogen and oxygen atoms in total. The lowest BCUT2D eigenvalue weighted by atomic mass is 9.95. The molecule has 4 fully saturated rings. The van der Waals surface area contributed by atoms with Crippen LogP contribution < -0.4 is 19.6 Å². The van der Waals surface area contributed by atoms with Gasteiger partial charge in [0.25, 0.3) is 6.01 Å². The van der Waals surface area contributed by atoms with Gasteiger partial charge in [-0.3, -0.25) is 49.0 Å². The molecule has 6 N–H and O–H groups in total. The van der Waals surface area contributed by atoms with Gasteiger partial charge in [0.1, 0.15) is 0 Å². The van der Waals surface area contributed by atoms with E-state index in [0.29, 0.717) is 66.0 Å². The smallest absolute Gasteiger partial charge is 0.297 e. The highest BCUT2D eigenvalue weighted by atomic mass is 32.1. The number of fused-ring (bicyclic) bond motifs is 4. The molecule has 4 aliphatic rings. The zero-order valence-electron chi connectivity index (χ0n) is 70.0. The predicted octanol–water partition coefficient (Wildman–Crippen LogP) is 13.2. The van der Waals surface area contributed by atoms with Gasteiger partial charge in [0.15, 0.2) is 45.5 Å². The number of anilines is 4. The molecule has 0 radical (unpaired) electrons. The number of aromatic amines is 6. The van der Waals surface area contributed by atoms with Crippen LogP contribution in [0.5, 0.6) is 0 Å². The van der Waals surface area contributed by atoms with Gasteiger partial charge in [0.05, 0.1) is 19.4 Å². The largest absolute Gasteiger partial charge is 0.420 e. The Morgan fingerprint density at radius 2 is 0.763 bits per heavy atom. The van der Waals surface area contributed by atoms with Gasteiger partial charge >= 0.3 is 0 Å². The van der Waals surface area contributed by atoms with Gasteiger partial charge in [0.2, 0.25) is 17.0 Å². The lowest BCUT2D eigenvalue weighted by Crippen LogP contribution is -2.47. The maximum absolute atomic E-state index is 12.8. The number of para-hydroxylation sites is 4. The molecule has 12 aromatic rings. The van der Waals surface area contributed by atoms with Gasteiger partial charge in [-0.25, -0.2) is 4.98 Å². The first-order valence-electron chi connectivity index (χ1n) is 42.4. The Kier molecular flexibility index (Phi) is 30.8. The van der Waals surface area contributed by atoms with Crippen molar-refractivity contribution in [2.75, 3.05) is 178 Å². The molecule has 29 heteroatoms. The summed E-state index contributed by atoms with van der Waals surface area (Å²) in [5, 5.41) is 29.1. The first-order valence-corrected chi connectivity index (χ1v) is 43.2. The van der Waals surface area contributed by atoms with Crippen molar-refractivity contribution in [3.8, 4) is 0 Å². The second-order valence-corrected chi connectivity index (χ2v) is 33.3. The van der Waals surface area contributed by atoms with Crippen LogP contribution in [0.4, 0.5) is 23.0 Å². The number of hydrogen-bond acceptors (Lipinski definition) is 23. The van der Waals surface area contributed by atoms with Crippen molar-refractivity contribution < 1.29 is 33.1 Å². The molecule has 4 saturated heterocycles. The van der Waals surface area contributed by atoms with E-state index in [4.69, 9.17) is 13.9 Å². The number of piperazine rings is 4. The van der Waals surface area contributed by atoms with E-state index in [2.05, 4.69) is 219 Å². The van der Waals surface area contributed by atoms with Crippen molar-refractivity contribution in [1.82, 2.24) is 85.1 Å². The third-order valence-electron chi connectivity index (χ3n) is 22.9. The van der Waals surface area contributed by atoms with Crippen molar-refractivity contribution in [3.63, 3.8) is 0 Å². The Bertz CT molecular complexity index is 4800. The molecule has 4 aromatic carbocycles. The molecule has 4 unspecified atom stereocenters. The Morgan fingerprint density at radius 1 is 0.424 bits per heavy atom. The van der Waals surface area contributed by atoms with Gasteiger partial charge in [-0.15, -0.1) is 20.4 Å². The third kappa shape index (κ3) is 23.2. The van der Waals surface area contributed by atoms with Crippen LogP contribution in [-0.4, -0.2) is 267 Å². The fourth-order valence-corrected chi connectivity index (χ4v) is 17.3. The number of benzene rings is 4. The van der Waals surface area contributed by atoms with Crippen molar-refractivity contribution in [2.24, 2.45) is 23.7 Å². The number of oxazole rings is 1. The molecular weight excluding hydrogens is 1510 g/mol. The van der Waals surface area contributed by atoms with Crippen molar-refractivity contribution in [3.05, 3.63) is 173 Å². The summed E-state index contributed by atoms with van der Waals surface area (Å²) in [5.74, 6) is 3.46. The summed E-state index contributed by atoms with van der Waals surface area (Å²) in [4.78, 5) is 95.8. The second kappa shape index (κ2) is 42.4. The molecule has 0 amide bonds. The highest BCUT2D eigenvalue weighted by Gasteiger charge is 2.29. The zero-order valence-corrected chi connectivity index (χ0v) is 70.9. The van der Waals surface area contributed by atoms with Crippen LogP contribution in [0, 0.1) is 23.7 Å². The summed E-state index contributed by atoms with van der Waals surface area (Å²) in [5.41, 5.74) is 9.56. The molecule has 12 heterocycles. The molecule has 0 spiro atoms. The van der Waals surface area contributed by atoms with Crippen LogP contribution in [0.15, 0.2) is 132 Å². The molecular formula is C89H119N21O7S. The number of ether oxygens (including phenoxy) is 2. The number of aromatic nitrogens is 13. The van der Waals surface area contributed by atoms with E-state index in [-0.39, 0.29) is 46.8 Å². The maximum atomic E-state index is 12.8. The molecule has 118 heavy (non-hydrogen) atoms. The van der Waals surface area contributed by atoms with Crippen LogP contribution in [0.25, 0.3) is 43.6 Å². The Hall–Kier alpha value is -10.3. The number of Topliss-reactive ketones (excluding diaryl/α,β-unsaturated/α-hetero) is 4. The summed E-state index contributed by atoms with van der Waals surface area (Å²) in [6.07, 6.45) is 17.4. The number of hydrogen-bond donors (Lipinski definition) is 6. The summed E-state index contributed by atoms with van der Waals surface area (Å²) in [6, 6.07) is 33.7. The normalized spacial score (nSPS) is 16.3. The maximum Gasteiger partial charge on any atom is 0.297 e. The van der Waals surface area contributed by atoms with Crippen LogP contribution >= 0.6 is 11.3 Å². The molecule has 0 aliphatic carbocycles. The fourth-order valence-electron chi connectivity index (χ4n) is 16.4. The fraction of sp³-hybridized carbons (Fsp3) is 0.494. The summed E-state index contributed by atoms with van der Waals surface area (Å²) >= 11 is 1.42. The number of rotatable bonds is 34. The van der Waals surface area contributed by atoms with Crippen molar-refractivity contribution in [1.29, 1.82) is 0 Å². The minimum Gasteiger partial charge on any atom is -0.420 e. The minimum absolute atomic E-state index is 0.0137. The number of nitrogens with one attached hydrogen (secondary N) is 6. The summed E-state index contributed by atoms with van der Waals surface area (Å²) < 4.78 is 16.1. The van der Waals surface area contributed by atoms with E-state index in [1.54, 1.807) is 20.4 Å². The topological polar surface area (TPSA) is 311 Å².